The van der Waals surface area contributed by atoms with E-state index in [9.17, 15) is 9.18 Å². The molecule has 134 valence electrons. The number of hydrogen-bond donors (Lipinski definition) is 1. The SMILES string of the molecule is CNC(=O)CN1CCN(c2cc(COC)nc3ccc(F)cc23)CC1. The molecule has 2 heterocycles. The maximum atomic E-state index is 13.8. The number of pyridine rings is 1. The lowest BCUT2D eigenvalue weighted by Crippen LogP contribution is -2.49. The fourth-order valence-electron chi connectivity index (χ4n) is 3.15. The smallest absolute Gasteiger partial charge is 0.233 e. The summed E-state index contributed by atoms with van der Waals surface area (Å²) in [4.78, 5) is 20.4. The Hall–Kier alpha value is -2.25. The molecule has 0 aliphatic carbocycles. The number of halogens is 1. The first-order valence-corrected chi connectivity index (χ1v) is 8.36. The number of ether oxygens (including phenoxy) is 1. The molecule has 3 rings (SSSR count). The number of benzene rings is 1. The van der Waals surface area contributed by atoms with Crippen molar-refractivity contribution in [1.29, 1.82) is 0 Å². The van der Waals surface area contributed by atoms with Crippen LogP contribution >= 0.6 is 0 Å². The topological polar surface area (TPSA) is 57.7 Å². The second-order valence-corrected chi connectivity index (χ2v) is 6.16. The van der Waals surface area contributed by atoms with E-state index < -0.39 is 0 Å². The highest BCUT2D eigenvalue weighted by Gasteiger charge is 2.21. The van der Waals surface area contributed by atoms with E-state index in [1.165, 1.54) is 12.1 Å². The van der Waals surface area contributed by atoms with Gasteiger partial charge in [0.2, 0.25) is 5.91 Å². The number of fused-ring (bicyclic) bond motifs is 1. The van der Waals surface area contributed by atoms with Gasteiger partial charge in [0, 0.05) is 51.4 Å². The number of methoxy groups -OCH3 is 1. The van der Waals surface area contributed by atoms with Gasteiger partial charge in [0.15, 0.2) is 0 Å². The second-order valence-electron chi connectivity index (χ2n) is 6.16. The van der Waals surface area contributed by atoms with Gasteiger partial charge in [0.05, 0.1) is 24.4 Å². The minimum absolute atomic E-state index is 0.0206. The number of nitrogens with zero attached hydrogens (tertiary/aromatic N) is 3. The Balaban J connectivity index is 1.85. The molecule has 2 aromatic rings. The van der Waals surface area contributed by atoms with Crippen LogP contribution in [0.5, 0.6) is 0 Å². The number of piperazine rings is 1. The Bertz CT molecular complexity index is 760. The van der Waals surface area contributed by atoms with Gasteiger partial charge in [-0.2, -0.15) is 0 Å². The summed E-state index contributed by atoms with van der Waals surface area (Å²) in [7, 11) is 3.28. The van der Waals surface area contributed by atoms with E-state index in [2.05, 4.69) is 20.1 Å². The zero-order chi connectivity index (χ0) is 17.8. The normalized spacial score (nSPS) is 15.6. The predicted molar refractivity (Wildman–Crippen MR) is 95.1 cm³/mol. The minimum atomic E-state index is -0.270. The Morgan fingerprint density at radius 2 is 2.04 bits per heavy atom. The van der Waals surface area contributed by atoms with Crippen molar-refractivity contribution in [1.82, 2.24) is 15.2 Å². The van der Waals surface area contributed by atoms with Gasteiger partial charge in [-0.15, -0.1) is 0 Å². The average Bonchev–Trinajstić information content (AvgIpc) is 2.62. The van der Waals surface area contributed by atoms with Gasteiger partial charge in [0.25, 0.3) is 0 Å². The molecule has 0 unspecified atom stereocenters. The fourth-order valence-corrected chi connectivity index (χ4v) is 3.15. The number of likely N-dealkylation sites (N-methyl/N-ethyl adjacent to an activating group) is 1. The van der Waals surface area contributed by atoms with Crippen LogP contribution in [0.1, 0.15) is 5.69 Å². The Morgan fingerprint density at radius 1 is 1.28 bits per heavy atom. The third-order valence-corrected chi connectivity index (χ3v) is 4.45. The first-order chi connectivity index (χ1) is 12.1. The largest absolute Gasteiger partial charge is 0.378 e. The Kier molecular flexibility index (Phi) is 5.45. The molecule has 0 bridgehead atoms. The minimum Gasteiger partial charge on any atom is -0.378 e. The maximum absolute atomic E-state index is 13.8. The Labute approximate surface area is 146 Å². The van der Waals surface area contributed by atoms with Crippen molar-refractivity contribution in [3.63, 3.8) is 0 Å². The average molecular weight is 346 g/mol. The van der Waals surface area contributed by atoms with Crippen LogP contribution in [0.15, 0.2) is 24.3 Å². The molecule has 1 aliphatic rings. The summed E-state index contributed by atoms with van der Waals surface area (Å²) in [6.45, 7) is 3.94. The number of aromatic nitrogens is 1. The fraction of sp³-hybridized carbons (Fsp3) is 0.444. The number of carbonyl (C=O) groups excluding carboxylic acids is 1. The standard InChI is InChI=1S/C18H23FN4O2/c1-20-18(24)11-22-5-7-23(8-6-22)17-10-14(12-25-2)21-16-4-3-13(19)9-15(16)17/h3-4,9-10H,5-8,11-12H2,1-2H3,(H,20,24). The van der Waals surface area contributed by atoms with Gasteiger partial charge < -0.3 is 15.0 Å². The zero-order valence-electron chi connectivity index (χ0n) is 14.6. The van der Waals surface area contributed by atoms with Crippen LogP contribution in [-0.4, -0.2) is 62.7 Å². The number of rotatable bonds is 5. The third-order valence-electron chi connectivity index (χ3n) is 4.45. The lowest BCUT2D eigenvalue weighted by molar-refractivity contribution is -0.121. The molecule has 1 saturated heterocycles. The molecule has 1 aromatic carbocycles. The van der Waals surface area contributed by atoms with Gasteiger partial charge in [-0.25, -0.2) is 4.39 Å². The van der Waals surface area contributed by atoms with Crippen molar-refractivity contribution in [2.24, 2.45) is 0 Å². The monoisotopic (exact) mass is 346 g/mol. The summed E-state index contributed by atoms with van der Waals surface area (Å²) in [5.41, 5.74) is 2.55. The van der Waals surface area contributed by atoms with Gasteiger partial charge in [-0.3, -0.25) is 14.7 Å². The molecule has 0 radical (unpaired) electrons. The van der Waals surface area contributed by atoms with Crippen molar-refractivity contribution in [2.75, 3.05) is 51.8 Å². The number of amides is 1. The summed E-state index contributed by atoms with van der Waals surface area (Å²) >= 11 is 0. The van der Waals surface area contributed by atoms with E-state index >= 15 is 0 Å². The molecule has 1 amide bonds. The highest BCUT2D eigenvalue weighted by atomic mass is 19.1. The van der Waals surface area contributed by atoms with Crippen LogP contribution in [-0.2, 0) is 16.1 Å². The molecule has 7 heteroatoms. The Morgan fingerprint density at radius 3 is 2.72 bits per heavy atom. The number of nitrogens with one attached hydrogen (secondary N) is 1. The van der Waals surface area contributed by atoms with Crippen LogP contribution < -0.4 is 10.2 Å². The van der Waals surface area contributed by atoms with Crippen molar-refractivity contribution < 1.29 is 13.9 Å². The predicted octanol–water partition coefficient (Wildman–Crippen LogP) is 1.39. The molecule has 0 spiro atoms. The van der Waals surface area contributed by atoms with Gasteiger partial charge >= 0.3 is 0 Å². The van der Waals surface area contributed by atoms with E-state index in [4.69, 9.17) is 4.74 Å². The van der Waals surface area contributed by atoms with E-state index in [1.807, 2.05) is 6.07 Å². The highest BCUT2D eigenvalue weighted by Crippen LogP contribution is 2.28. The van der Waals surface area contributed by atoms with Crippen molar-refractivity contribution >= 4 is 22.5 Å². The van der Waals surface area contributed by atoms with Crippen LogP contribution in [0.25, 0.3) is 10.9 Å². The van der Waals surface area contributed by atoms with E-state index in [1.54, 1.807) is 20.2 Å². The summed E-state index contributed by atoms with van der Waals surface area (Å²) in [5.74, 6) is -0.249. The van der Waals surface area contributed by atoms with Gasteiger partial charge in [-0.05, 0) is 24.3 Å². The molecule has 1 aliphatic heterocycles. The summed E-state index contributed by atoms with van der Waals surface area (Å²) in [6, 6.07) is 6.64. The first-order valence-electron chi connectivity index (χ1n) is 8.36. The quantitative estimate of drug-likeness (QED) is 0.887. The van der Waals surface area contributed by atoms with Gasteiger partial charge in [-0.1, -0.05) is 0 Å². The number of hydrogen-bond acceptors (Lipinski definition) is 5. The van der Waals surface area contributed by atoms with Crippen LogP contribution in [0.3, 0.4) is 0 Å². The zero-order valence-corrected chi connectivity index (χ0v) is 14.6. The van der Waals surface area contributed by atoms with Crippen molar-refractivity contribution in [3.8, 4) is 0 Å². The molecule has 1 aromatic heterocycles. The third kappa shape index (κ3) is 4.05. The van der Waals surface area contributed by atoms with Crippen molar-refractivity contribution in [3.05, 3.63) is 35.8 Å². The van der Waals surface area contributed by atoms with Crippen molar-refractivity contribution in [2.45, 2.75) is 6.61 Å². The summed E-state index contributed by atoms with van der Waals surface area (Å²) in [6.07, 6.45) is 0. The second kappa shape index (κ2) is 7.76. The lowest BCUT2D eigenvalue weighted by atomic mass is 10.1. The maximum Gasteiger partial charge on any atom is 0.233 e. The molecule has 1 N–H and O–H groups in total. The van der Waals surface area contributed by atoms with E-state index in [0.717, 1.165) is 48.5 Å². The van der Waals surface area contributed by atoms with Crippen LogP contribution in [0.4, 0.5) is 10.1 Å². The van der Waals surface area contributed by atoms with Crippen LogP contribution in [0.2, 0.25) is 0 Å². The summed E-state index contributed by atoms with van der Waals surface area (Å²) < 4.78 is 19.0. The number of anilines is 1. The molecular formula is C18H23FN4O2. The molecule has 25 heavy (non-hydrogen) atoms. The highest BCUT2D eigenvalue weighted by molar-refractivity contribution is 5.92. The molecular weight excluding hydrogens is 323 g/mol. The molecule has 6 nitrogen and oxygen atoms in total. The first kappa shape index (κ1) is 17.6. The lowest BCUT2D eigenvalue weighted by Gasteiger charge is -2.36. The number of carbonyl (C=O) groups is 1. The summed E-state index contributed by atoms with van der Waals surface area (Å²) in [5, 5.41) is 3.45. The molecule has 0 saturated carbocycles. The van der Waals surface area contributed by atoms with Gasteiger partial charge in [0.1, 0.15) is 5.82 Å². The van der Waals surface area contributed by atoms with Crippen LogP contribution in [0, 0.1) is 5.82 Å². The van der Waals surface area contributed by atoms with E-state index in [-0.39, 0.29) is 11.7 Å². The van der Waals surface area contributed by atoms with E-state index in [0.29, 0.717) is 13.2 Å². The molecule has 0 atom stereocenters. The molecule has 1 fully saturated rings.